The van der Waals surface area contributed by atoms with E-state index in [4.69, 9.17) is 10.5 Å². The van der Waals surface area contributed by atoms with Crippen LogP contribution in [-0.4, -0.2) is 22.3 Å². The van der Waals surface area contributed by atoms with Gasteiger partial charge in [0.25, 0.3) is 0 Å². The SMILES string of the molecule is CCCCCc1cc(O)c(C/C=C(\C)CCC=C(C)C)c(OC(N)=O)c1C(=O)O. The Balaban J connectivity index is 3.30. The summed E-state index contributed by atoms with van der Waals surface area (Å²) in [6.07, 6.45) is 8.08. The molecule has 1 amide bonds. The molecule has 0 fully saturated rings. The van der Waals surface area contributed by atoms with Gasteiger partial charge in [-0.05, 0) is 64.5 Å². The molecule has 1 aromatic carbocycles. The summed E-state index contributed by atoms with van der Waals surface area (Å²) in [6.45, 7) is 8.11. The first-order valence-corrected chi connectivity index (χ1v) is 10.0. The fraction of sp³-hybridized carbons (Fsp3) is 0.478. The van der Waals surface area contributed by atoms with Crippen LogP contribution in [0.2, 0.25) is 0 Å². The predicted molar refractivity (Wildman–Crippen MR) is 115 cm³/mol. The number of ether oxygens (including phenoxy) is 1. The Morgan fingerprint density at radius 1 is 1.17 bits per heavy atom. The maximum absolute atomic E-state index is 11.9. The minimum Gasteiger partial charge on any atom is -0.508 e. The normalized spacial score (nSPS) is 11.2. The molecule has 0 radical (unpaired) electrons. The molecule has 0 unspecified atom stereocenters. The molecule has 6 nitrogen and oxygen atoms in total. The zero-order valence-electron chi connectivity index (χ0n) is 17.9. The monoisotopic (exact) mass is 403 g/mol. The molecule has 29 heavy (non-hydrogen) atoms. The van der Waals surface area contributed by atoms with Crippen molar-refractivity contribution in [2.45, 2.75) is 72.6 Å². The van der Waals surface area contributed by atoms with Gasteiger partial charge in [-0.15, -0.1) is 0 Å². The number of benzene rings is 1. The molecule has 0 aromatic heterocycles. The van der Waals surface area contributed by atoms with Gasteiger partial charge in [-0.3, -0.25) is 0 Å². The molecule has 1 rings (SSSR count). The van der Waals surface area contributed by atoms with Crippen molar-refractivity contribution >= 4 is 12.1 Å². The van der Waals surface area contributed by atoms with E-state index in [0.717, 1.165) is 37.7 Å². The van der Waals surface area contributed by atoms with Gasteiger partial charge in [-0.25, -0.2) is 9.59 Å². The maximum Gasteiger partial charge on any atom is 0.410 e. The average Bonchev–Trinajstić information content (AvgIpc) is 2.60. The van der Waals surface area contributed by atoms with E-state index in [0.29, 0.717) is 12.0 Å². The molecule has 4 N–H and O–H groups in total. The van der Waals surface area contributed by atoms with E-state index >= 15 is 0 Å². The van der Waals surface area contributed by atoms with Crippen LogP contribution in [-0.2, 0) is 12.8 Å². The number of primary amides is 1. The maximum atomic E-state index is 11.9. The van der Waals surface area contributed by atoms with Crippen molar-refractivity contribution in [2.75, 3.05) is 0 Å². The van der Waals surface area contributed by atoms with Crippen molar-refractivity contribution < 1.29 is 24.5 Å². The number of nitrogens with two attached hydrogens (primary N) is 1. The third-order valence-corrected chi connectivity index (χ3v) is 4.65. The van der Waals surface area contributed by atoms with Gasteiger partial charge in [0, 0.05) is 5.56 Å². The highest BCUT2D eigenvalue weighted by molar-refractivity contribution is 5.95. The van der Waals surface area contributed by atoms with Crippen LogP contribution >= 0.6 is 0 Å². The molecular formula is C23H33NO5. The second-order valence-electron chi connectivity index (χ2n) is 7.50. The lowest BCUT2D eigenvalue weighted by Crippen LogP contribution is -2.20. The Bertz CT molecular complexity index is 789. The predicted octanol–water partition coefficient (Wildman–Crippen LogP) is 5.52. The van der Waals surface area contributed by atoms with Gasteiger partial charge >= 0.3 is 12.1 Å². The van der Waals surface area contributed by atoms with Crippen LogP contribution in [0.15, 0.2) is 29.4 Å². The molecule has 1 aromatic rings. The molecule has 0 spiro atoms. The second kappa shape index (κ2) is 11.9. The van der Waals surface area contributed by atoms with Gasteiger partial charge in [-0.2, -0.15) is 0 Å². The number of hydrogen-bond donors (Lipinski definition) is 3. The van der Waals surface area contributed by atoms with Gasteiger partial charge < -0.3 is 20.7 Å². The highest BCUT2D eigenvalue weighted by Crippen LogP contribution is 2.36. The van der Waals surface area contributed by atoms with E-state index in [2.05, 4.69) is 6.08 Å². The number of carboxylic acid groups (broad SMARTS) is 1. The van der Waals surface area contributed by atoms with Crippen molar-refractivity contribution in [2.24, 2.45) is 5.73 Å². The number of aryl methyl sites for hydroxylation is 1. The molecular weight excluding hydrogens is 370 g/mol. The van der Waals surface area contributed by atoms with Crippen molar-refractivity contribution in [3.05, 3.63) is 46.1 Å². The van der Waals surface area contributed by atoms with Crippen LogP contribution in [0.4, 0.5) is 4.79 Å². The summed E-state index contributed by atoms with van der Waals surface area (Å²) in [5.41, 5.74) is 8.10. The molecule has 0 aliphatic carbocycles. The molecule has 0 saturated carbocycles. The number of rotatable bonds is 11. The number of phenolic OH excluding ortho intramolecular Hbond substituents is 1. The number of hydrogen-bond acceptors (Lipinski definition) is 4. The summed E-state index contributed by atoms with van der Waals surface area (Å²) >= 11 is 0. The molecule has 0 bridgehead atoms. The Hall–Kier alpha value is -2.76. The van der Waals surface area contributed by atoms with Gasteiger partial charge in [0.15, 0.2) is 5.75 Å². The van der Waals surface area contributed by atoms with Crippen LogP contribution < -0.4 is 10.5 Å². The van der Waals surface area contributed by atoms with Gasteiger partial charge in [0.1, 0.15) is 11.3 Å². The first kappa shape index (κ1) is 24.3. The number of phenols is 1. The van der Waals surface area contributed by atoms with Crippen LogP contribution in [0.1, 0.15) is 81.3 Å². The number of carbonyl (C=O) groups is 2. The number of carbonyl (C=O) groups excluding carboxylic acids is 1. The lowest BCUT2D eigenvalue weighted by molar-refractivity contribution is 0.0692. The third kappa shape index (κ3) is 8.02. The van der Waals surface area contributed by atoms with Gasteiger partial charge in [0.2, 0.25) is 0 Å². The lowest BCUT2D eigenvalue weighted by Gasteiger charge is -2.16. The largest absolute Gasteiger partial charge is 0.508 e. The third-order valence-electron chi connectivity index (χ3n) is 4.65. The highest BCUT2D eigenvalue weighted by atomic mass is 16.5. The highest BCUT2D eigenvalue weighted by Gasteiger charge is 2.24. The number of amides is 1. The summed E-state index contributed by atoms with van der Waals surface area (Å²) in [5.74, 6) is -1.46. The Labute approximate surface area is 173 Å². The minimum absolute atomic E-state index is 0.0916. The van der Waals surface area contributed by atoms with E-state index < -0.39 is 12.1 Å². The topological polar surface area (TPSA) is 110 Å². The number of aromatic hydroxyl groups is 1. The van der Waals surface area contributed by atoms with Crippen molar-refractivity contribution in [1.29, 1.82) is 0 Å². The fourth-order valence-electron chi connectivity index (χ4n) is 3.11. The number of carboxylic acids is 1. The van der Waals surface area contributed by atoms with Crippen LogP contribution in [0.3, 0.4) is 0 Å². The van der Waals surface area contributed by atoms with Crippen molar-refractivity contribution in [3.63, 3.8) is 0 Å². The van der Waals surface area contributed by atoms with Crippen LogP contribution in [0.25, 0.3) is 0 Å². The Kier molecular flexibility index (Phi) is 10.00. The van der Waals surface area contributed by atoms with E-state index in [1.54, 1.807) is 0 Å². The van der Waals surface area contributed by atoms with Gasteiger partial charge in [0.05, 0.1) is 0 Å². The first-order chi connectivity index (χ1) is 13.7. The zero-order valence-corrected chi connectivity index (χ0v) is 17.9. The Morgan fingerprint density at radius 2 is 1.86 bits per heavy atom. The number of allylic oxidation sites excluding steroid dienone is 4. The van der Waals surface area contributed by atoms with Crippen molar-refractivity contribution in [3.8, 4) is 11.5 Å². The molecule has 6 heteroatoms. The van der Waals surface area contributed by atoms with Crippen LogP contribution in [0, 0.1) is 0 Å². The molecule has 0 saturated heterocycles. The second-order valence-corrected chi connectivity index (χ2v) is 7.50. The van der Waals surface area contributed by atoms with E-state index in [1.165, 1.54) is 11.6 Å². The van der Waals surface area contributed by atoms with E-state index in [9.17, 15) is 19.8 Å². The zero-order chi connectivity index (χ0) is 22.0. The minimum atomic E-state index is -1.21. The first-order valence-electron chi connectivity index (χ1n) is 10.0. The average molecular weight is 404 g/mol. The number of unbranched alkanes of at least 4 members (excludes halogenated alkanes) is 2. The summed E-state index contributed by atoms with van der Waals surface area (Å²) in [4.78, 5) is 23.4. The molecule has 0 heterocycles. The Morgan fingerprint density at radius 3 is 2.41 bits per heavy atom. The summed E-state index contributed by atoms with van der Waals surface area (Å²) in [5, 5.41) is 20.3. The fourth-order valence-corrected chi connectivity index (χ4v) is 3.11. The summed E-state index contributed by atoms with van der Waals surface area (Å²) < 4.78 is 5.07. The number of aromatic carboxylic acids is 1. The van der Waals surface area contributed by atoms with Gasteiger partial charge in [-0.1, -0.05) is 43.1 Å². The molecule has 0 aliphatic heterocycles. The van der Waals surface area contributed by atoms with E-state index in [-0.39, 0.29) is 29.0 Å². The lowest BCUT2D eigenvalue weighted by atomic mass is 9.94. The molecule has 160 valence electrons. The van der Waals surface area contributed by atoms with Crippen LogP contribution in [0.5, 0.6) is 11.5 Å². The summed E-state index contributed by atoms with van der Waals surface area (Å²) in [7, 11) is 0. The molecule has 0 atom stereocenters. The summed E-state index contributed by atoms with van der Waals surface area (Å²) in [6, 6.07) is 1.47. The standard InChI is InChI=1S/C23H33NO5/c1-5-6-7-11-17-14-19(25)18(13-12-16(4)10-8-9-15(2)3)21(29-23(24)28)20(17)22(26)27/h9,12,14,25H,5-8,10-11,13H2,1-4H3,(H2,24,28)(H,26,27)/b16-12+. The smallest absolute Gasteiger partial charge is 0.410 e. The van der Waals surface area contributed by atoms with Crippen molar-refractivity contribution in [1.82, 2.24) is 0 Å². The van der Waals surface area contributed by atoms with E-state index in [1.807, 2.05) is 33.8 Å². The molecule has 0 aliphatic rings. The quantitative estimate of drug-likeness (QED) is 0.333.